The van der Waals surface area contributed by atoms with E-state index in [1.807, 2.05) is 44.2 Å². The lowest BCUT2D eigenvalue weighted by Crippen LogP contribution is -2.46. The number of alkyl carbamates (subject to hydrolysis) is 2. The molecule has 8 rings (SSSR count). The maximum atomic E-state index is 14.5. The van der Waals surface area contributed by atoms with Gasteiger partial charge in [0.2, 0.25) is 5.91 Å². The van der Waals surface area contributed by atoms with Crippen molar-refractivity contribution in [3.8, 4) is 0 Å². The molecule has 2 unspecified atom stereocenters. The molecule has 0 bridgehead atoms. The van der Waals surface area contributed by atoms with E-state index in [0.29, 0.717) is 43.4 Å². The molecule has 34 heteroatoms. The Morgan fingerprint density at radius 3 is 2.22 bits per heavy atom. The standard InChI is InChI=1S/C53H71N11O21P2/c1-29(2)23-34(61-52(70)84-53(3,4)5)46(66)59-32-18-16-31(17-19-32)24-77-51(69)60-33(14-9-13-30-11-7-6-8-12-30)49(67)83-41-35(80-47(40(41)65)64-28-58-39-44(55)56-27-57-45(39)64)26-79-87(74,75)85-42-36(25-78-86(71,72)73)81-48(43(42)82-38-15-10-22-76-38)63-21-20-37(54)62-50(63)68/h6-8,11-12,16-21,27-29,33-36,38,40-43,47-48,65H,9-10,13-15,22-26H2,1-5H3,(H,59,66)(H,60,69)(H,61,70)(H,74,75)(H2,54,62,68)(H2,55,56,57)(H2,71,72,73)/t33-,34-,35+,36+,38?,40+,41+,42+,43+,47+,48+/m0/s1. The lowest BCUT2D eigenvalue weighted by Gasteiger charge is -2.29. The molecule has 12 atom stereocenters. The zero-order valence-corrected chi connectivity index (χ0v) is 49.8. The van der Waals surface area contributed by atoms with Crippen LogP contribution in [0.2, 0.25) is 0 Å². The minimum atomic E-state index is -5.51. The van der Waals surface area contributed by atoms with Crippen molar-refractivity contribution in [3.63, 3.8) is 0 Å². The number of anilines is 3. The number of nitrogens with zero attached hydrogens (tertiary/aromatic N) is 6. The van der Waals surface area contributed by atoms with Crippen LogP contribution in [0.1, 0.15) is 90.3 Å². The Balaban J connectivity index is 0.996. The largest absolute Gasteiger partial charge is 0.472 e. The third kappa shape index (κ3) is 18.5. The van der Waals surface area contributed by atoms with Gasteiger partial charge in [-0.1, -0.05) is 56.3 Å². The number of carbonyl (C=O) groups excluding carboxylic acids is 4. The molecule has 5 aromatic rings. The Hall–Kier alpha value is -7.03. The number of aliphatic hydroxyl groups excluding tert-OH is 1. The number of carbonyl (C=O) groups is 4. The molecular weight excluding hydrogens is 1190 g/mol. The molecule has 6 heterocycles. The first-order valence-electron chi connectivity index (χ1n) is 27.7. The minimum absolute atomic E-state index is 0.0343. The van der Waals surface area contributed by atoms with Crippen LogP contribution in [0.4, 0.5) is 26.9 Å². The summed E-state index contributed by atoms with van der Waals surface area (Å²) in [6.07, 6.45) is -10.8. The van der Waals surface area contributed by atoms with E-state index in [9.17, 15) is 52.9 Å². The van der Waals surface area contributed by atoms with Gasteiger partial charge in [-0.25, -0.2) is 43.3 Å². The van der Waals surface area contributed by atoms with Crippen LogP contribution >= 0.6 is 15.6 Å². The van der Waals surface area contributed by atoms with Crippen molar-refractivity contribution in [2.75, 3.05) is 36.6 Å². The highest BCUT2D eigenvalue weighted by Gasteiger charge is 2.54. The predicted octanol–water partition coefficient (Wildman–Crippen LogP) is 3.64. The zero-order chi connectivity index (χ0) is 62.8. The lowest BCUT2D eigenvalue weighted by molar-refractivity contribution is -0.181. The molecule has 0 radical (unpaired) electrons. The number of rotatable bonds is 26. The number of nitrogen functional groups attached to an aromatic ring is 2. The first-order valence-corrected chi connectivity index (χ1v) is 30.7. The van der Waals surface area contributed by atoms with E-state index in [4.69, 9.17) is 58.2 Å². The van der Waals surface area contributed by atoms with Crippen LogP contribution < -0.4 is 33.1 Å². The highest BCUT2D eigenvalue weighted by atomic mass is 31.2. The number of aromatic nitrogens is 6. The average Bonchev–Trinajstić information content (AvgIpc) is 1.74. The number of fused-ring (bicyclic) bond motifs is 1. The van der Waals surface area contributed by atoms with Gasteiger partial charge in [-0.15, -0.1) is 0 Å². The van der Waals surface area contributed by atoms with Gasteiger partial charge >= 0.3 is 39.5 Å². The second kappa shape index (κ2) is 28.9. The first kappa shape index (κ1) is 65.9. The molecule has 32 nitrogen and oxygen atoms in total. The van der Waals surface area contributed by atoms with Crippen LogP contribution in [0, 0.1) is 5.92 Å². The third-order valence-corrected chi connectivity index (χ3v) is 15.0. The molecular formula is C53H71N11O21P2. The van der Waals surface area contributed by atoms with E-state index in [1.165, 1.54) is 23.2 Å². The van der Waals surface area contributed by atoms with Crippen LogP contribution in [0.15, 0.2) is 84.3 Å². The van der Waals surface area contributed by atoms with Crippen LogP contribution in [0.3, 0.4) is 0 Å². The average molecular weight is 1260 g/mol. The molecule has 3 aromatic heterocycles. The number of phosphoric acid groups is 2. The number of benzene rings is 2. The number of aliphatic hydroxyl groups is 1. The number of nitrogens with two attached hydrogens (primary N) is 2. The fourth-order valence-corrected chi connectivity index (χ4v) is 10.9. The number of imidazole rings is 1. The maximum Gasteiger partial charge on any atom is 0.472 e. The highest BCUT2D eigenvalue weighted by molar-refractivity contribution is 7.47. The molecule has 2 aromatic carbocycles. The van der Waals surface area contributed by atoms with Crippen molar-refractivity contribution in [2.24, 2.45) is 5.92 Å². The van der Waals surface area contributed by atoms with Crippen LogP contribution in [-0.4, -0.2) is 153 Å². The molecule has 0 aliphatic carbocycles. The van der Waals surface area contributed by atoms with Gasteiger partial charge < -0.3 is 80.4 Å². The van der Waals surface area contributed by atoms with Crippen molar-refractivity contribution in [1.82, 2.24) is 39.7 Å². The summed E-state index contributed by atoms with van der Waals surface area (Å²) in [7, 11) is -10.7. The zero-order valence-electron chi connectivity index (χ0n) is 48.0. The molecule has 87 heavy (non-hydrogen) atoms. The second-order valence-electron chi connectivity index (χ2n) is 22.0. The van der Waals surface area contributed by atoms with E-state index in [-0.39, 0.29) is 48.4 Å². The molecule has 11 N–H and O–H groups in total. The number of aryl methyl sites for hydroxylation is 1. The van der Waals surface area contributed by atoms with E-state index < -0.39 is 132 Å². The van der Waals surface area contributed by atoms with Gasteiger partial charge in [0, 0.05) is 24.9 Å². The molecule has 0 spiro atoms. The number of hydrogen-bond donors (Lipinski definition) is 9. The number of esters is 1. The molecule has 474 valence electrons. The van der Waals surface area contributed by atoms with Crippen molar-refractivity contribution in [3.05, 3.63) is 101 Å². The van der Waals surface area contributed by atoms with Crippen molar-refractivity contribution >= 4 is 68.2 Å². The number of hydrogen-bond acceptors (Lipinski definition) is 24. The Bertz CT molecular complexity index is 3330. The molecule has 0 saturated carbocycles. The van der Waals surface area contributed by atoms with Crippen molar-refractivity contribution in [2.45, 2.75) is 153 Å². The molecule has 3 aliphatic heterocycles. The molecule has 3 aliphatic rings. The number of nitrogens with one attached hydrogen (secondary N) is 3. The molecule has 3 fully saturated rings. The molecule has 3 saturated heterocycles. The maximum absolute atomic E-state index is 14.5. The summed E-state index contributed by atoms with van der Waals surface area (Å²) in [5.74, 6) is -1.75. The first-order chi connectivity index (χ1) is 41.2. The smallest absolute Gasteiger partial charge is 0.455 e. The summed E-state index contributed by atoms with van der Waals surface area (Å²) in [6, 6.07) is 14.4. The Morgan fingerprint density at radius 1 is 0.839 bits per heavy atom. The van der Waals surface area contributed by atoms with Gasteiger partial charge in [-0.3, -0.25) is 27.5 Å². The van der Waals surface area contributed by atoms with Crippen LogP contribution in [0.25, 0.3) is 11.2 Å². The second-order valence-corrected chi connectivity index (χ2v) is 24.6. The monoisotopic (exact) mass is 1260 g/mol. The van der Waals surface area contributed by atoms with Crippen LogP contribution in [0.5, 0.6) is 0 Å². The number of amides is 3. The van der Waals surface area contributed by atoms with Crippen LogP contribution in [-0.2, 0) is 78.5 Å². The van der Waals surface area contributed by atoms with Crippen molar-refractivity contribution < 1.29 is 94.8 Å². The van der Waals surface area contributed by atoms with Crippen molar-refractivity contribution in [1.29, 1.82) is 0 Å². The molecule has 3 amide bonds. The SMILES string of the molecule is CC(C)C[C@H](NC(=O)OC(C)(C)C)C(=O)Nc1ccc(COC(=O)N[C@@H](CCCc2ccccc2)C(=O)O[C@H]2[C@@H](O)[C@H](n3cnc4c(N)ncnc43)O[C@@H]2COP(=O)(O)O[C@H]2[C@@H](OC3CCCO3)[C@H](n3ccc(N)nc3=O)O[C@@H]2COP(=O)(O)O)cc1. The summed E-state index contributed by atoms with van der Waals surface area (Å²) in [5.41, 5.74) is 12.0. The summed E-state index contributed by atoms with van der Waals surface area (Å²) >= 11 is 0. The van der Waals surface area contributed by atoms with E-state index in [2.05, 4.69) is 35.9 Å². The fourth-order valence-electron chi connectivity index (χ4n) is 9.62. The lowest BCUT2D eigenvalue weighted by atomic mass is 10.0. The highest BCUT2D eigenvalue weighted by Crippen LogP contribution is 2.51. The van der Waals surface area contributed by atoms with E-state index in [1.54, 1.807) is 45.0 Å². The predicted molar refractivity (Wildman–Crippen MR) is 303 cm³/mol. The normalized spacial score (nSPS) is 23.6. The van der Waals surface area contributed by atoms with Gasteiger partial charge in [-0.2, -0.15) is 4.98 Å². The number of ether oxygens (including phenoxy) is 7. The summed E-state index contributed by atoms with van der Waals surface area (Å²) in [4.78, 5) is 114. The van der Waals surface area contributed by atoms with Gasteiger partial charge in [0.25, 0.3) is 0 Å². The van der Waals surface area contributed by atoms with Gasteiger partial charge in [0.1, 0.15) is 72.5 Å². The quantitative estimate of drug-likeness (QED) is 0.0217. The summed E-state index contributed by atoms with van der Waals surface area (Å²) < 4.78 is 85.2. The topological polar surface area (TPSA) is 442 Å². The Morgan fingerprint density at radius 2 is 1.54 bits per heavy atom. The summed E-state index contributed by atoms with van der Waals surface area (Å²) in [6.45, 7) is 6.89. The Labute approximate surface area is 497 Å². The minimum Gasteiger partial charge on any atom is -0.455 e. The van der Waals surface area contributed by atoms with E-state index >= 15 is 0 Å². The van der Waals surface area contributed by atoms with Gasteiger partial charge in [-0.05, 0) is 88.1 Å². The third-order valence-electron chi connectivity index (χ3n) is 13.6. The van der Waals surface area contributed by atoms with Gasteiger partial charge in [0.15, 0.2) is 36.3 Å². The summed E-state index contributed by atoms with van der Waals surface area (Å²) in [5, 5.41) is 20.0. The fraction of sp³-hybridized carbons (Fsp3) is 0.528. The van der Waals surface area contributed by atoms with E-state index in [0.717, 1.165) is 16.5 Å². The van der Waals surface area contributed by atoms with Gasteiger partial charge in [0.05, 0.1) is 19.5 Å². The number of phosphoric ester groups is 2. The Kier molecular flexibility index (Phi) is 21.9.